The molecular formula is C23H37N5O4. The molecule has 0 aromatic heterocycles. The topological polar surface area (TPSA) is 78.9 Å². The van der Waals surface area contributed by atoms with Gasteiger partial charge in [-0.1, -0.05) is 12.1 Å². The Morgan fingerprint density at radius 2 is 1.88 bits per heavy atom. The number of carbonyl (C=O) groups excluding carboxylic acids is 1. The molecule has 3 rings (SSSR count). The third-order valence-electron chi connectivity index (χ3n) is 5.72. The molecule has 1 aromatic carbocycles. The SMILES string of the molecule is CN=C(NCc1cccc(OCCCOC)c1)N1CCN(CC(=O)N2CCOCC2)CC1. The number of benzene rings is 1. The molecule has 32 heavy (non-hydrogen) atoms. The number of piperazine rings is 1. The van der Waals surface area contributed by atoms with Crippen molar-refractivity contribution in [2.24, 2.45) is 4.99 Å². The number of amides is 1. The predicted molar refractivity (Wildman–Crippen MR) is 124 cm³/mol. The Morgan fingerprint density at radius 1 is 1.09 bits per heavy atom. The molecule has 0 saturated carbocycles. The Morgan fingerprint density at radius 3 is 2.59 bits per heavy atom. The molecule has 9 heteroatoms. The molecular weight excluding hydrogens is 410 g/mol. The maximum atomic E-state index is 12.5. The summed E-state index contributed by atoms with van der Waals surface area (Å²) in [5.41, 5.74) is 1.14. The summed E-state index contributed by atoms with van der Waals surface area (Å²) in [5.74, 6) is 1.96. The van der Waals surface area contributed by atoms with Crippen molar-refractivity contribution in [2.75, 3.05) is 86.4 Å². The molecule has 2 aliphatic heterocycles. The number of methoxy groups -OCH3 is 1. The van der Waals surface area contributed by atoms with Crippen LogP contribution in [0.4, 0.5) is 0 Å². The van der Waals surface area contributed by atoms with Gasteiger partial charge in [0.2, 0.25) is 5.91 Å². The summed E-state index contributed by atoms with van der Waals surface area (Å²) in [6.45, 7) is 8.59. The van der Waals surface area contributed by atoms with Gasteiger partial charge in [-0.25, -0.2) is 0 Å². The van der Waals surface area contributed by atoms with Crippen molar-refractivity contribution in [3.63, 3.8) is 0 Å². The van der Waals surface area contributed by atoms with Gasteiger partial charge in [0.15, 0.2) is 5.96 Å². The number of morpholine rings is 1. The second-order valence-corrected chi connectivity index (χ2v) is 8.00. The van der Waals surface area contributed by atoms with Crippen LogP contribution in [0.15, 0.2) is 29.3 Å². The van der Waals surface area contributed by atoms with Crippen LogP contribution < -0.4 is 10.1 Å². The summed E-state index contributed by atoms with van der Waals surface area (Å²) in [7, 11) is 3.51. The van der Waals surface area contributed by atoms with Crippen molar-refractivity contribution in [3.8, 4) is 5.75 Å². The highest BCUT2D eigenvalue weighted by Gasteiger charge is 2.24. The van der Waals surface area contributed by atoms with Gasteiger partial charge in [-0.3, -0.25) is 14.7 Å². The van der Waals surface area contributed by atoms with E-state index in [0.717, 1.165) is 49.9 Å². The van der Waals surface area contributed by atoms with Gasteiger partial charge >= 0.3 is 0 Å². The highest BCUT2D eigenvalue weighted by atomic mass is 16.5. The molecule has 0 spiro atoms. The molecule has 0 atom stereocenters. The molecule has 2 heterocycles. The lowest BCUT2D eigenvalue weighted by molar-refractivity contribution is -0.136. The molecule has 0 bridgehead atoms. The number of ether oxygens (including phenoxy) is 3. The fourth-order valence-corrected chi connectivity index (χ4v) is 3.87. The maximum Gasteiger partial charge on any atom is 0.236 e. The zero-order chi connectivity index (χ0) is 22.6. The van der Waals surface area contributed by atoms with Gasteiger partial charge in [0.05, 0.1) is 26.4 Å². The van der Waals surface area contributed by atoms with Crippen LogP contribution in [0.25, 0.3) is 0 Å². The second-order valence-electron chi connectivity index (χ2n) is 8.00. The lowest BCUT2D eigenvalue weighted by Gasteiger charge is -2.37. The molecule has 1 amide bonds. The van der Waals surface area contributed by atoms with E-state index >= 15 is 0 Å². The van der Waals surface area contributed by atoms with Gasteiger partial charge in [0, 0.05) is 73.0 Å². The van der Waals surface area contributed by atoms with Crippen molar-refractivity contribution in [3.05, 3.63) is 29.8 Å². The van der Waals surface area contributed by atoms with Crippen LogP contribution in [-0.2, 0) is 20.8 Å². The fourth-order valence-electron chi connectivity index (χ4n) is 3.87. The predicted octanol–water partition coefficient (Wildman–Crippen LogP) is 0.654. The zero-order valence-corrected chi connectivity index (χ0v) is 19.4. The molecule has 178 valence electrons. The lowest BCUT2D eigenvalue weighted by atomic mass is 10.2. The number of nitrogens with one attached hydrogen (secondary N) is 1. The number of nitrogens with zero attached hydrogens (tertiary/aromatic N) is 4. The minimum atomic E-state index is 0.202. The third-order valence-corrected chi connectivity index (χ3v) is 5.72. The van der Waals surface area contributed by atoms with Gasteiger partial charge in [-0.15, -0.1) is 0 Å². The second kappa shape index (κ2) is 13.2. The number of hydrogen-bond donors (Lipinski definition) is 1. The zero-order valence-electron chi connectivity index (χ0n) is 19.4. The van der Waals surface area contributed by atoms with E-state index in [1.165, 1.54) is 0 Å². The number of rotatable bonds is 9. The molecule has 1 aromatic rings. The highest BCUT2D eigenvalue weighted by molar-refractivity contribution is 5.80. The molecule has 0 radical (unpaired) electrons. The number of carbonyl (C=O) groups is 1. The first kappa shape index (κ1) is 24.3. The average Bonchev–Trinajstić information content (AvgIpc) is 2.84. The Hall–Kier alpha value is -2.36. The molecule has 0 unspecified atom stereocenters. The monoisotopic (exact) mass is 447 g/mol. The molecule has 2 fully saturated rings. The first-order chi connectivity index (χ1) is 15.7. The number of aliphatic imine (C=N–C) groups is 1. The van der Waals surface area contributed by atoms with Crippen molar-refractivity contribution in [1.29, 1.82) is 0 Å². The molecule has 0 aliphatic carbocycles. The van der Waals surface area contributed by atoms with Crippen LogP contribution in [0, 0.1) is 0 Å². The normalized spacial score (nSPS) is 18.0. The quantitative estimate of drug-likeness (QED) is 0.338. The summed E-state index contributed by atoms with van der Waals surface area (Å²) in [6, 6.07) is 8.12. The van der Waals surface area contributed by atoms with E-state index in [2.05, 4.69) is 32.2 Å². The summed E-state index contributed by atoms with van der Waals surface area (Å²) in [4.78, 5) is 23.3. The van der Waals surface area contributed by atoms with E-state index in [-0.39, 0.29) is 5.91 Å². The third kappa shape index (κ3) is 7.65. The van der Waals surface area contributed by atoms with Crippen LogP contribution in [0.2, 0.25) is 0 Å². The Kier molecular flexibility index (Phi) is 10.1. The highest BCUT2D eigenvalue weighted by Crippen LogP contribution is 2.14. The summed E-state index contributed by atoms with van der Waals surface area (Å²) in [5, 5.41) is 3.46. The first-order valence-corrected chi connectivity index (χ1v) is 11.4. The van der Waals surface area contributed by atoms with Crippen molar-refractivity contribution in [2.45, 2.75) is 13.0 Å². The van der Waals surface area contributed by atoms with Crippen LogP contribution in [0.5, 0.6) is 5.75 Å². The van der Waals surface area contributed by atoms with E-state index in [0.29, 0.717) is 52.6 Å². The van der Waals surface area contributed by atoms with E-state index in [9.17, 15) is 4.79 Å². The van der Waals surface area contributed by atoms with Crippen LogP contribution >= 0.6 is 0 Å². The fraction of sp³-hybridized carbons (Fsp3) is 0.652. The standard InChI is InChI=1S/C23H37N5O4/c1-24-23(25-18-20-5-3-6-21(17-20)32-14-4-13-30-2)28-9-7-26(8-10-28)19-22(29)27-11-15-31-16-12-27/h3,5-6,17H,4,7-16,18-19H2,1-2H3,(H,24,25). The number of guanidine groups is 1. The van der Waals surface area contributed by atoms with Crippen molar-refractivity contribution < 1.29 is 19.0 Å². The summed E-state index contributed by atoms with van der Waals surface area (Å²) in [6.07, 6.45) is 0.871. The van der Waals surface area contributed by atoms with Gasteiger partial charge < -0.3 is 29.3 Å². The molecule has 2 aliphatic rings. The van der Waals surface area contributed by atoms with Gasteiger partial charge in [-0.2, -0.15) is 0 Å². The van der Waals surface area contributed by atoms with E-state index in [4.69, 9.17) is 14.2 Å². The van der Waals surface area contributed by atoms with E-state index < -0.39 is 0 Å². The Bertz CT molecular complexity index is 731. The van der Waals surface area contributed by atoms with Crippen LogP contribution in [0.1, 0.15) is 12.0 Å². The smallest absolute Gasteiger partial charge is 0.236 e. The average molecular weight is 448 g/mol. The minimum absolute atomic E-state index is 0.202. The van der Waals surface area contributed by atoms with E-state index in [1.54, 1.807) is 7.11 Å². The largest absolute Gasteiger partial charge is 0.493 e. The van der Waals surface area contributed by atoms with Gasteiger partial charge in [0.1, 0.15) is 5.75 Å². The minimum Gasteiger partial charge on any atom is -0.493 e. The first-order valence-electron chi connectivity index (χ1n) is 11.4. The molecule has 9 nitrogen and oxygen atoms in total. The lowest BCUT2D eigenvalue weighted by Crippen LogP contribution is -2.54. The van der Waals surface area contributed by atoms with Gasteiger partial charge in [-0.05, 0) is 17.7 Å². The Balaban J connectivity index is 1.40. The van der Waals surface area contributed by atoms with Crippen LogP contribution in [-0.4, -0.2) is 113 Å². The summed E-state index contributed by atoms with van der Waals surface area (Å²) >= 11 is 0. The summed E-state index contributed by atoms with van der Waals surface area (Å²) < 4.78 is 16.2. The molecule has 1 N–H and O–H groups in total. The van der Waals surface area contributed by atoms with Crippen molar-refractivity contribution in [1.82, 2.24) is 20.0 Å². The van der Waals surface area contributed by atoms with Gasteiger partial charge in [0.25, 0.3) is 0 Å². The van der Waals surface area contributed by atoms with Crippen molar-refractivity contribution >= 4 is 11.9 Å². The Labute approximate surface area is 191 Å². The maximum absolute atomic E-state index is 12.5. The van der Waals surface area contributed by atoms with Crippen LogP contribution in [0.3, 0.4) is 0 Å². The molecule has 2 saturated heterocycles. The van der Waals surface area contributed by atoms with E-state index in [1.807, 2.05) is 24.1 Å². The number of hydrogen-bond acceptors (Lipinski definition) is 6.